The van der Waals surface area contributed by atoms with E-state index >= 15 is 0 Å². The Kier molecular flexibility index (Phi) is 12.1. The Morgan fingerprint density at radius 2 is 1.02 bits per heavy atom. The van der Waals surface area contributed by atoms with Crippen LogP contribution >= 0.6 is 0 Å². The zero-order valence-electron chi connectivity index (χ0n) is 54.3. The van der Waals surface area contributed by atoms with Crippen LogP contribution in [0.1, 0.15) is 176 Å². The van der Waals surface area contributed by atoms with Crippen molar-refractivity contribution in [1.82, 2.24) is 0 Å². The molecule has 1 fully saturated rings. The molecule has 0 radical (unpaired) electrons. The van der Waals surface area contributed by atoms with Gasteiger partial charge in [-0.05, 0) is 199 Å². The number of benzene rings is 9. The fraction of sp³-hybridized carbons (Fsp3) is 0.341. The third kappa shape index (κ3) is 8.36. The van der Waals surface area contributed by atoms with Crippen molar-refractivity contribution in [3.63, 3.8) is 0 Å². The van der Waals surface area contributed by atoms with Gasteiger partial charge in [-0.3, -0.25) is 0 Å². The topological polar surface area (TPSA) is 22.9 Å². The monoisotopic (exact) mass is 1140 g/mol. The van der Waals surface area contributed by atoms with Crippen molar-refractivity contribution < 1.29 is 4.42 Å². The summed E-state index contributed by atoms with van der Waals surface area (Å²) < 4.78 is 6.77. The first-order valence-corrected chi connectivity index (χ1v) is 32.5. The summed E-state index contributed by atoms with van der Waals surface area (Å²) in [6.07, 6.45) is 6.96. The van der Waals surface area contributed by atoms with Gasteiger partial charge in [0, 0.05) is 61.6 Å². The molecule has 0 amide bonds. The van der Waals surface area contributed by atoms with Gasteiger partial charge in [0.25, 0.3) is 6.71 Å². The number of rotatable bonds is 6. The third-order valence-corrected chi connectivity index (χ3v) is 22.1. The molecular formula is C82H86BN3O. The van der Waals surface area contributed by atoms with Crippen molar-refractivity contribution in [1.29, 1.82) is 0 Å². The first-order chi connectivity index (χ1) is 41.2. The van der Waals surface area contributed by atoms with E-state index in [4.69, 9.17) is 4.42 Å². The van der Waals surface area contributed by atoms with E-state index in [-0.39, 0.29) is 44.7 Å². The third-order valence-electron chi connectivity index (χ3n) is 22.1. The van der Waals surface area contributed by atoms with Gasteiger partial charge in [-0.15, -0.1) is 0 Å². The average Bonchev–Trinajstić information content (AvgIpc) is 1.57. The van der Waals surface area contributed by atoms with E-state index < -0.39 is 0 Å². The number of fused-ring (bicyclic) bond motifs is 11. The Balaban J connectivity index is 1.11. The minimum absolute atomic E-state index is 0.00710. The molecule has 4 heterocycles. The van der Waals surface area contributed by atoms with Crippen LogP contribution in [0.25, 0.3) is 44.2 Å². The molecule has 4 nitrogen and oxygen atoms in total. The predicted octanol–water partition coefficient (Wildman–Crippen LogP) is 21.0. The maximum Gasteiger partial charge on any atom is 0.252 e. The minimum Gasteiger partial charge on any atom is -0.456 e. The van der Waals surface area contributed by atoms with E-state index in [9.17, 15) is 0 Å². The van der Waals surface area contributed by atoms with Gasteiger partial charge in [0.1, 0.15) is 11.2 Å². The van der Waals surface area contributed by atoms with E-state index in [0.717, 1.165) is 64.7 Å². The van der Waals surface area contributed by atoms with Gasteiger partial charge in [-0.25, -0.2) is 0 Å². The largest absolute Gasteiger partial charge is 0.456 e. The van der Waals surface area contributed by atoms with E-state index in [0.29, 0.717) is 0 Å². The lowest BCUT2D eigenvalue weighted by Crippen LogP contribution is -2.64. The number of hydrogen-bond donors (Lipinski definition) is 0. The number of anilines is 8. The molecular weight excluding hydrogens is 1050 g/mol. The molecule has 438 valence electrons. The van der Waals surface area contributed by atoms with Crippen LogP contribution in [-0.4, -0.2) is 12.3 Å². The van der Waals surface area contributed by atoms with Gasteiger partial charge < -0.3 is 19.1 Å². The fourth-order valence-corrected chi connectivity index (χ4v) is 16.6. The second-order valence-corrected chi connectivity index (χ2v) is 31.6. The first-order valence-electron chi connectivity index (χ1n) is 32.5. The number of nitrogens with zero attached hydrogens (tertiary/aromatic N) is 3. The van der Waals surface area contributed by atoms with E-state index in [2.05, 4.69) is 294 Å². The lowest BCUT2D eigenvalue weighted by molar-refractivity contribution is 0.195. The van der Waals surface area contributed by atoms with Crippen LogP contribution in [0.15, 0.2) is 180 Å². The van der Waals surface area contributed by atoms with E-state index in [1.54, 1.807) is 0 Å². The highest BCUT2D eigenvalue weighted by Crippen LogP contribution is 2.63. The number of hydrogen-bond acceptors (Lipinski definition) is 4. The summed E-state index contributed by atoms with van der Waals surface area (Å²) in [4.78, 5) is 8.21. The fourth-order valence-electron chi connectivity index (χ4n) is 16.6. The first kappa shape index (κ1) is 55.8. The van der Waals surface area contributed by atoms with Crippen LogP contribution in [0.4, 0.5) is 45.5 Å². The van der Waals surface area contributed by atoms with Gasteiger partial charge in [0.05, 0.1) is 11.2 Å². The Bertz CT molecular complexity index is 4390. The lowest BCUT2D eigenvalue weighted by Gasteiger charge is -2.53. The molecule has 0 saturated heterocycles. The quantitative estimate of drug-likeness (QED) is 0.155. The standard InChI is InChI=1S/C82H86BN3O/c1-76(2,3)53-30-34-56(35-31-53)84(57-36-32-54(33-37-57)77(4,5)6)58-38-39-65-68(48-58)85(67-50-63-62(79(10,11)42-43-80(63,12)13)49-61(67)51-24-17-16-18-25-51)69-44-52(59-27-23-29-72-73(59)60-26-19-20-28-71(60)87-72)45-70-74(69)83(65)66-47-55(78(7,8)9)46-64-75(66)86(70)82(15)41-22-21-40-81(64,82)14/h16-20,23-39,44-50H,21-22,40-43H2,1-15H3. The molecule has 2 aliphatic carbocycles. The number of furan rings is 1. The second kappa shape index (κ2) is 18.9. The molecule has 3 aliphatic heterocycles. The maximum atomic E-state index is 6.77. The highest BCUT2D eigenvalue weighted by atomic mass is 16.3. The SMILES string of the molecule is CC(C)(C)c1ccc(N(c2ccc(C(C)(C)C)cc2)c2ccc3c(c2)N(c2cc4c(cc2-c2ccccc2)C(C)(C)CCC4(C)C)c2cc(-c4cccc5oc6ccccc6c45)cc4c2B3c2cc(C(C)(C)C)cc3c2N4C2(C)CCCCC32C)cc1. The summed E-state index contributed by atoms with van der Waals surface area (Å²) in [6, 6.07) is 68.9. The molecule has 87 heavy (non-hydrogen) atoms. The number of para-hydroxylation sites is 1. The minimum atomic E-state index is -0.179. The lowest BCUT2D eigenvalue weighted by atomic mass is 9.33. The molecule has 1 aromatic heterocycles. The summed E-state index contributed by atoms with van der Waals surface area (Å²) in [5.41, 5.74) is 28.8. The molecule has 0 spiro atoms. The van der Waals surface area contributed by atoms with Gasteiger partial charge in [-0.2, -0.15) is 0 Å². The molecule has 2 unspecified atom stereocenters. The molecule has 0 bridgehead atoms. The molecule has 5 heteroatoms. The Morgan fingerprint density at radius 1 is 0.437 bits per heavy atom. The summed E-state index contributed by atoms with van der Waals surface area (Å²) in [7, 11) is 0. The highest BCUT2D eigenvalue weighted by Gasteiger charge is 2.62. The van der Waals surface area contributed by atoms with Crippen molar-refractivity contribution in [3.05, 3.63) is 209 Å². The Hall–Kier alpha value is -7.76. The molecule has 9 aromatic carbocycles. The van der Waals surface area contributed by atoms with Gasteiger partial charge in [-0.1, -0.05) is 213 Å². The summed E-state index contributed by atoms with van der Waals surface area (Å²) in [5, 5.41) is 2.31. The zero-order valence-corrected chi connectivity index (χ0v) is 54.3. The molecule has 5 aliphatic rings. The summed E-state index contributed by atoms with van der Waals surface area (Å²) in [5.74, 6) is 0. The van der Waals surface area contributed by atoms with Crippen LogP contribution in [0.5, 0.6) is 0 Å². The Morgan fingerprint density at radius 3 is 1.68 bits per heavy atom. The normalized spacial score (nSPS) is 19.8. The van der Waals surface area contributed by atoms with Crippen LogP contribution in [0.3, 0.4) is 0 Å². The molecule has 15 rings (SSSR count). The van der Waals surface area contributed by atoms with Crippen molar-refractivity contribution >= 4 is 90.5 Å². The highest BCUT2D eigenvalue weighted by molar-refractivity contribution is 7.00. The van der Waals surface area contributed by atoms with Crippen LogP contribution in [-0.2, 0) is 32.5 Å². The second-order valence-electron chi connectivity index (χ2n) is 31.6. The van der Waals surface area contributed by atoms with Crippen LogP contribution in [0.2, 0.25) is 0 Å². The predicted molar refractivity (Wildman–Crippen MR) is 373 cm³/mol. The smallest absolute Gasteiger partial charge is 0.252 e. The van der Waals surface area contributed by atoms with Gasteiger partial charge in [0.15, 0.2) is 0 Å². The summed E-state index contributed by atoms with van der Waals surface area (Å²) >= 11 is 0. The molecule has 0 N–H and O–H groups in total. The summed E-state index contributed by atoms with van der Waals surface area (Å²) in [6.45, 7) is 36.3. The molecule has 2 atom stereocenters. The van der Waals surface area contributed by atoms with Gasteiger partial charge >= 0.3 is 0 Å². The van der Waals surface area contributed by atoms with Crippen molar-refractivity contribution in [3.8, 4) is 22.3 Å². The molecule has 10 aromatic rings. The molecule has 1 saturated carbocycles. The average molecular weight is 1140 g/mol. The van der Waals surface area contributed by atoms with Gasteiger partial charge in [0.2, 0.25) is 0 Å². The zero-order chi connectivity index (χ0) is 60.7. The van der Waals surface area contributed by atoms with Crippen molar-refractivity contribution in [2.45, 2.75) is 180 Å². The van der Waals surface area contributed by atoms with Crippen LogP contribution < -0.4 is 31.1 Å². The maximum absolute atomic E-state index is 6.77. The van der Waals surface area contributed by atoms with Crippen molar-refractivity contribution in [2.75, 3.05) is 14.7 Å². The van der Waals surface area contributed by atoms with E-state index in [1.165, 1.54) is 113 Å². The Labute approximate surface area is 518 Å². The van der Waals surface area contributed by atoms with E-state index in [1.807, 2.05) is 0 Å². The van der Waals surface area contributed by atoms with Crippen molar-refractivity contribution in [2.24, 2.45) is 0 Å². The van der Waals surface area contributed by atoms with Crippen LogP contribution in [0, 0.1) is 0 Å².